The molecule has 2 heterocycles. The number of carboxylic acids is 1. The van der Waals surface area contributed by atoms with Crippen LogP contribution in [0.15, 0.2) is 36.5 Å². The molecule has 1 fully saturated rings. The summed E-state index contributed by atoms with van der Waals surface area (Å²) in [4.78, 5) is 38.3. The molecule has 0 radical (unpaired) electrons. The summed E-state index contributed by atoms with van der Waals surface area (Å²) in [5, 5.41) is 15.4. The number of carboxylic acid groups (broad SMARTS) is 1. The topological polar surface area (TPSA) is 140 Å². The van der Waals surface area contributed by atoms with Gasteiger partial charge in [0, 0.05) is 19.2 Å². The lowest BCUT2D eigenvalue weighted by Gasteiger charge is -2.29. The van der Waals surface area contributed by atoms with Gasteiger partial charge in [-0.2, -0.15) is 5.10 Å². The highest BCUT2D eigenvalue weighted by Crippen LogP contribution is 2.29. The number of carbonyl (C=O) groups excluding carboxylic acids is 2. The van der Waals surface area contributed by atoms with E-state index in [2.05, 4.69) is 15.3 Å². The molecule has 2 amide bonds. The number of piperidine rings is 1. The van der Waals surface area contributed by atoms with E-state index in [0.29, 0.717) is 12.8 Å². The molecule has 4 rings (SSSR count). The maximum atomic E-state index is 15.0. The zero-order valence-corrected chi connectivity index (χ0v) is 19.5. The molecular weight excluding hydrogens is 495 g/mol. The summed E-state index contributed by atoms with van der Waals surface area (Å²) in [6.45, 7) is 1.49. The normalized spacial score (nSPS) is 14.4. The fraction of sp³-hybridized carbons (Fsp3) is 0.250. The number of benzene rings is 2. The summed E-state index contributed by atoms with van der Waals surface area (Å²) in [5.74, 6) is -7.13. The highest BCUT2D eigenvalue weighted by Gasteiger charge is 2.26. The van der Waals surface area contributed by atoms with Gasteiger partial charge >= 0.3 is 5.97 Å². The molecule has 1 saturated heterocycles. The van der Waals surface area contributed by atoms with E-state index < -0.39 is 52.2 Å². The molecule has 0 saturated carbocycles. The SMILES string of the molecule is CN1CCC(Oc2cc(-n3cc(NC(=O)c4c(F)cccc4F)c(C(=O)O)n3)c(F)cc2C(N)=O)CC1. The van der Waals surface area contributed by atoms with Gasteiger partial charge in [-0.3, -0.25) is 9.59 Å². The zero-order chi connectivity index (χ0) is 26.9. The smallest absolute Gasteiger partial charge is 0.358 e. The first-order chi connectivity index (χ1) is 17.5. The van der Waals surface area contributed by atoms with E-state index >= 15 is 4.39 Å². The molecule has 2 aromatic carbocycles. The van der Waals surface area contributed by atoms with Crippen molar-refractivity contribution >= 4 is 23.5 Å². The minimum atomic E-state index is -1.60. The number of nitrogens with one attached hydrogen (secondary N) is 1. The van der Waals surface area contributed by atoms with E-state index in [1.54, 1.807) is 0 Å². The molecule has 0 aliphatic carbocycles. The van der Waals surface area contributed by atoms with Gasteiger partial charge in [-0.15, -0.1) is 0 Å². The number of amides is 2. The number of hydrogen-bond donors (Lipinski definition) is 3. The Morgan fingerprint density at radius 3 is 2.35 bits per heavy atom. The van der Waals surface area contributed by atoms with Crippen molar-refractivity contribution in [2.75, 3.05) is 25.5 Å². The summed E-state index contributed by atoms with van der Waals surface area (Å²) in [7, 11) is 1.95. The second kappa shape index (κ2) is 10.3. The van der Waals surface area contributed by atoms with Crippen LogP contribution in [0.5, 0.6) is 5.75 Å². The number of carbonyl (C=O) groups is 3. The van der Waals surface area contributed by atoms with Crippen molar-refractivity contribution in [3.63, 3.8) is 0 Å². The number of ether oxygens (including phenoxy) is 1. The van der Waals surface area contributed by atoms with Gasteiger partial charge in [-0.05, 0) is 38.1 Å². The number of likely N-dealkylation sites (tertiary alicyclic amines) is 1. The van der Waals surface area contributed by atoms with Crippen molar-refractivity contribution < 1.29 is 37.4 Å². The van der Waals surface area contributed by atoms with Crippen molar-refractivity contribution in [2.24, 2.45) is 5.73 Å². The van der Waals surface area contributed by atoms with E-state index in [9.17, 15) is 28.3 Å². The summed E-state index contributed by atoms with van der Waals surface area (Å²) >= 11 is 0. The van der Waals surface area contributed by atoms with E-state index in [1.165, 1.54) is 0 Å². The zero-order valence-electron chi connectivity index (χ0n) is 19.5. The van der Waals surface area contributed by atoms with Gasteiger partial charge in [0.2, 0.25) is 0 Å². The number of hydrogen-bond acceptors (Lipinski definition) is 6. The maximum absolute atomic E-state index is 15.0. The first-order valence-corrected chi connectivity index (χ1v) is 11.1. The minimum Gasteiger partial charge on any atom is -0.489 e. The van der Waals surface area contributed by atoms with Crippen LogP contribution in [0, 0.1) is 17.5 Å². The number of aromatic nitrogens is 2. The molecule has 1 aliphatic heterocycles. The van der Waals surface area contributed by atoms with Gasteiger partial charge in [-0.1, -0.05) is 6.07 Å². The van der Waals surface area contributed by atoms with Crippen LogP contribution in [0.1, 0.15) is 44.0 Å². The number of nitrogens with two attached hydrogens (primary N) is 1. The van der Waals surface area contributed by atoms with E-state index in [4.69, 9.17) is 10.5 Å². The van der Waals surface area contributed by atoms with Crippen LogP contribution in [0.2, 0.25) is 0 Å². The third-order valence-electron chi connectivity index (χ3n) is 5.88. The third kappa shape index (κ3) is 5.40. The molecule has 194 valence electrons. The van der Waals surface area contributed by atoms with Crippen LogP contribution in [-0.2, 0) is 0 Å². The number of anilines is 1. The predicted octanol–water partition coefficient (Wildman–Crippen LogP) is 2.81. The van der Waals surface area contributed by atoms with Crippen molar-refractivity contribution in [2.45, 2.75) is 18.9 Å². The Balaban J connectivity index is 1.71. The quantitative estimate of drug-likeness (QED) is 0.438. The molecule has 0 spiro atoms. The largest absolute Gasteiger partial charge is 0.489 e. The van der Waals surface area contributed by atoms with Gasteiger partial charge in [0.05, 0.1) is 17.4 Å². The Morgan fingerprint density at radius 2 is 1.76 bits per heavy atom. The van der Waals surface area contributed by atoms with Crippen LogP contribution >= 0.6 is 0 Å². The molecule has 13 heteroatoms. The molecule has 0 atom stereocenters. The summed E-state index contributed by atoms with van der Waals surface area (Å²) < 4.78 is 49.8. The van der Waals surface area contributed by atoms with Crippen LogP contribution in [0.3, 0.4) is 0 Å². The average Bonchev–Trinajstić information content (AvgIpc) is 3.25. The molecular formula is C24H22F3N5O5. The van der Waals surface area contributed by atoms with Crippen molar-refractivity contribution in [1.29, 1.82) is 0 Å². The van der Waals surface area contributed by atoms with E-state index in [-0.39, 0.29) is 23.1 Å². The lowest BCUT2D eigenvalue weighted by Crippen LogP contribution is -2.36. The average molecular weight is 517 g/mol. The Kier molecular flexibility index (Phi) is 7.16. The molecule has 1 aromatic heterocycles. The van der Waals surface area contributed by atoms with Gasteiger partial charge in [-0.25, -0.2) is 22.6 Å². The maximum Gasteiger partial charge on any atom is 0.358 e. The Labute approximate surface area is 208 Å². The van der Waals surface area contributed by atoms with Crippen molar-refractivity contribution in [3.05, 3.63) is 70.8 Å². The Hall–Kier alpha value is -4.39. The number of rotatable bonds is 7. The minimum absolute atomic E-state index is 0.0233. The molecule has 0 unspecified atom stereocenters. The fourth-order valence-corrected chi connectivity index (χ4v) is 3.94. The Bertz CT molecular complexity index is 1370. The van der Waals surface area contributed by atoms with Crippen molar-refractivity contribution in [3.8, 4) is 11.4 Å². The van der Waals surface area contributed by atoms with E-state index in [1.807, 2.05) is 7.05 Å². The number of halogens is 3. The van der Waals surface area contributed by atoms with Crippen LogP contribution in [-0.4, -0.2) is 63.8 Å². The second-order valence-corrected chi connectivity index (χ2v) is 8.48. The van der Waals surface area contributed by atoms with Gasteiger partial charge in [0.25, 0.3) is 11.8 Å². The first kappa shape index (κ1) is 25.7. The summed E-state index contributed by atoms with van der Waals surface area (Å²) in [6, 6.07) is 4.78. The highest BCUT2D eigenvalue weighted by atomic mass is 19.1. The second-order valence-electron chi connectivity index (χ2n) is 8.48. The number of nitrogens with zero attached hydrogens (tertiary/aromatic N) is 3. The molecule has 10 nitrogen and oxygen atoms in total. The van der Waals surface area contributed by atoms with Crippen LogP contribution in [0.4, 0.5) is 18.9 Å². The number of aromatic carboxylic acids is 1. The van der Waals surface area contributed by atoms with Crippen LogP contribution in [0.25, 0.3) is 5.69 Å². The van der Waals surface area contributed by atoms with Gasteiger partial charge in [0.1, 0.15) is 40.6 Å². The van der Waals surface area contributed by atoms with Gasteiger partial charge in [0.15, 0.2) is 5.69 Å². The van der Waals surface area contributed by atoms with Crippen LogP contribution < -0.4 is 15.8 Å². The van der Waals surface area contributed by atoms with E-state index in [0.717, 1.165) is 54.3 Å². The van der Waals surface area contributed by atoms with Gasteiger partial charge < -0.3 is 25.8 Å². The lowest BCUT2D eigenvalue weighted by molar-refractivity contribution is 0.0690. The molecule has 1 aliphatic rings. The summed E-state index contributed by atoms with van der Waals surface area (Å²) in [5.41, 5.74) is 2.77. The number of primary amides is 1. The fourth-order valence-electron chi connectivity index (χ4n) is 3.94. The predicted molar refractivity (Wildman–Crippen MR) is 124 cm³/mol. The molecule has 37 heavy (non-hydrogen) atoms. The monoisotopic (exact) mass is 517 g/mol. The standard InChI is InChI=1S/C24H22F3N5O5/c1-31-7-5-12(6-8-31)37-19-10-18(16(27)9-13(19)22(28)33)32-11-17(21(30-32)24(35)36)29-23(34)20-14(25)3-2-4-15(20)26/h2-4,9-12H,5-8H2,1H3,(H2,28,33)(H,29,34)(H,35,36). The molecule has 0 bridgehead atoms. The lowest BCUT2D eigenvalue weighted by atomic mass is 10.1. The molecule has 3 aromatic rings. The van der Waals surface area contributed by atoms with Crippen molar-refractivity contribution in [1.82, 2.24) is 14.7 Å². The summed E-state index contributed by atoms with van der Waals surface area (Å²) in [6.07, 6.45) is 1.98. The first-order valence-electron chi connectivity index (χ1n) is 11.1. The highest BCUT2D eigenvalue weighted by molar-refractivity contribution is 6.07. The Morgan fingerprint density at radius 1 is 1.11 bits per heavy atom. The molecule has 4 N–H and O–H groups in total. The third-order valence-corrected chi connectivity index (χ3v) is 5.88.